The van der Waals surface area contributed by atoms with Gasteiger partial charge in [0.1, 0.15) is 11.5 Å². The second-order valence-electron chi connectivity index (χ2n) is 4.25. The number of hydrogen-bond acceptors (Lipinski definition) is 3. The summed E-state index contributed by atoms with van der Waals surface area (Å²) < 4.78 is 8.41. The number of rotatable bonds is 4. The minimum Gasteiger partial charge on any atom is -0.507 e. The maximum atomic E-state index is 11.0. The van der Waals surface area contributed by atoms with Crippen molar-refractivity contribution < 1.29 is 14.6 Å². The van der Waals surface area contributed by atoms with Crippen LogP contribution in [-0.2, 0) is 11.2 Å². The Morgan fingerprint density at radius 1 is 1.10 bits per heavy atom. The quantitative estimate of drug-likeness (QED) is 0.508. The number of carbonyl (C=O) groups is 1. The van der Waals surface area contributed by atoms with Crippen molar-refractivity contribution in [2.75, 3.05) is 0 Å². The molecule has 0 saturated carbocycles. The molecule has 2 aromatic rings. The number of primary amides is 1. The number of phenolic OH excluding ortho intramolecular Hbond substituents is 1. The summed E-state index contributed by atoms with van der Waals surface area (Å²) in [6.45, 7) is 0. The van der Waals surface area contributed by atoms with Gasteiger partial charge in [-0.1, -0.05) is 0 Å². The number of aromatic hydroxyl groups is 1. The molecule has 2 aromatic carbocycles. The van der Waals surface area contributed by atoms with Crippen LogP contribution in [0.25, 0.3) is 0 Å². The Kier molecular flexibility index (Phi) is 5.94. The van der Waals surface area contributed by atoms with E-state index in [1.54, 1.807) is 18.2 Å². The summed E-state index contributed by atoms with van der Waals surface area (Å²) >= 11 is 6.38. The number of ether oxygens (including phenoxy) is 1. The van der Waals surface area contributed by atoms with Gasteiger partial charge in [0.2, 0.25) is 5.91 Å². The van der Waals surface area contributed by atoms with Gasteiger partial charge in [-0.05, 0) is 104 Å². The highest BCUT2D eigenvalue weighted by Gasteiger charge is 2.12. The molecular weight excluding hydrogens is 611 g/mol. The summed E-state index contributed by atoms with van der Waals surface area (Å²) in [5, 5.41) is 9.53. The second kappa shape index (κ2) is 7.31. The van der Waals surface area contributed by atoms with Crippen molar-refractivity contribution in [1.29, 1.82) is 0 Å². The molecule has 110 valence electrons. The topological polar surface area (TPSA) is 72.6 Å². The van der Waals surface area contributed by atoms with Gasteiger partial charge in [0.15, 0.2) is 5.75 Å². The summed E-state index contributed by atoms with van der Waals surface area (Å²) in [6, 6.07) is 8.83. The molecule has 0 aromatic heterocycles. The maximum Gasteiger partial charge on any atom is 0.221 e. The Morgan fingerprint density at radius 2 is 1.71 bits per heavy atom. The minimum atomic E-state index is -0.358. The van der Waals surface area contributed by atoms with Gasteiger partial charge in [-0.15, -0.1) is 0 Å². The monoisotopic (exact) mass is 621 g/mol. The second-order valence-corrected chi connectivity index (χ2v) is 7.73. The Balaban J connectivity index is 2.31. The average Bonchev–Trinajstić information content (AvgIpc) is 2.37. The van der Waals surface area contributed by atoms with E-state index in [1.807, 2.05) is 34.7 Å². The molecule has 0 radical (unpaired) electrons. The van der Waals surface area contributed by atoms with Gasteiger partial charge < -0.3 is 15.6 Å². The molecular formula is C14H10I3NO3. The van der Waals surface area contributed by atoms with E-state index in [0.29, 0.717) is 5.75 Å². The molecule has 2 rings (SSSR count). The standard InChI is InChI=1S/C14H10I3NO3/c15-9-6-8(1-2-12(9)19)21-14-10(16)3-7(4-11(14)17)5-13(18)20/h1-4,6,19H,5H2,(H2,18,20). The fourth-order valence-electron chi connectivity index (χ4n) is 1.68. The third kappa shape index (κ3) is 4.58. The van der Waals surface area contributed by atoms with E-state index in [4.69, 9.17) is 10.5 Å². The highest BCUT2D eigenvalue weighted by Crippen LogP contribution is 2.34. The molecule has 0 aliphatic carbocycles. The fourth-order valence-corrected chi connectivity index (χ4v) is 4.29. The molecule has 1 amide bonds. The lowest BCUT2D eigenvalue weighted by Crippen LogP contribution is -2.13. The van der Waals surface area contributed by atoms with Crippen LogP contribution in [0, 0.1) is 10.7 Å². The first-order valence-electron chi connectivity index (χ1n) is 5.79. The van der Waals surface area contributed by atoms with Crippen molar-refractivity contribution in [1.82, 2.24) is 0 Å². The number of amides is 1. The van der Waals surface area contributed by atoms with E-state index in [-0.39, 0.29) is 18.1 Å². The molecule has 4 nitrogen and oxygen atoms in total. The van der Waals surface area contributed by atoms with Crippen LogP contribution in [0.3, 0.4) is 0 Å². The normalized spacial score (nSPS) is 10.4. The van der Waals surface area contributed by atoms with Crippen LogP contribution in [0.5, 0.6) is 17.2 Å². The smallest absolute Gasteiger partial charge is 0.221 e. The van der Waals surface area contributed by atoms with Gasteiger partial charge in [-0.2, -0.15) is 0 Å². The highest BCUT2D eigenvalue weighted by atomic mass is 127. The molecule has 0 bridgehead atoms. The molecule has 0 fully saturated rings. The van der Waals surface area contributed by atoms with Crippen LogP contribution < -0.4 is 10.5 Å². The van der Waals surface area contributed by atoms with Crippen LogP contribution in [0.15, 0.2) is 30.3 Å². The van der Waals surface area contributed by atoms with Crippen molar-refractivity contribution >= 4 is 73.7 Å². The lowest BCUT2D eigenvalue weighted by atomic mass is 10.1. The van der Waals surface area contributed by atoms with Crippen molar-refractivity contribution in [2.45, 2.75) is 6.42 Å². The molecule has 0 spiro atoms. The number of carbonyl (C=O) groups excluding carboxylic acids is 1. The average molecular weight is 621 g/mol. The summed E-state index contributed by atoms with van der Waals surface area (Å²) in [5.41, 5.74) is 6.08. The van der Waals surface area contributed by atoms with Crippen LogP contribution in [0.4, 0.5) is 0 Å². The van der Waals surface area contributed by atoms with Crippen molar-refractivity contribution in [3.63, 3.8) is 0 Å². The van der Waals surface area contributed by atoms with E-state index in [9.17, 15) is 9.90 Å². The van der Waals surface area contributed by atoms with E-state index in [0.717, 1.165) is 22.0 Å². The molecule has 0 atom stereocenters. The molecule has 7 heteroatoms. The Labute approximate surface area is 162 Å². The Hall–Kier alpha value is -0.300. The largest absolute Gasteiger partial charge is 0.507 e. The zero-order chi connectivity index (χ0) is 15.6. The van der Waals surface area contributed by atoms with Crippen molar-refractivity contribution in [2.24, 2.45) is 5.73 Å². The van der Waals surface area contributed by atoms with Gasteiger partial charge in [0, 0.05) is 0 Å². The van der Waals surface area contributed by atoms with Gasteiger partial charge in [-0.25, -0.2) is 0 Å². The van der Waals surface area contributed by atoms with Gasteiger partial charge in [0.05, 0.1) is 17.1 Å². The third-order valence-corrected chi connectivity index (χ3v) is 5.04. The summed E-state index contributed by atoms with van der Waals surface area (Å²) in [5.74, 6) is 1.24. The third-order valence-electron chi connectivity index (χ3n) is 2.58. The maximum absolute atomic E-state index is 11.0. The number of benzene rings is 2. The fraction of sp³-hybridized carbons (Fsp3) is 0.0714. The van der Waals surface area contributed by atoms with Crippen LogP contribution in [0.1, 0.15) is 5.56 Å². The number of halogens is 3. The summed E-state index contributed by atoms with van der Waals surface area (Å²) in [6.07, 6.45) is 0.212. The van der Waals surface area contributed by atoms with Gasteiger partial charge in [-0.3, -0.25) is 4.79 Å². The van der Waals surface area contributed by atoms with Crippen LogP contribution in [0.2, 0.25) is 0 Å². The molecule has 0 heterocycles. The summed E-state index contributed by atoms with van der Waals surface area (Å²) in [4.78, 5) is 11.0. The Bertz CT molecular complexity index is 681. The van der Waals surface area contributed by atoms with E-state index in [1.165, 1.54) is 0 Å². The zero-order valence-corrected chi connectivity index (χ0v) is 17.0. The van der Waals surface area contributed by atoms with Crippen molar-refractivity contribution in [3.8, 4) is 17.2 Å². The van der Waals surface area contributed by atoms with E-state index < -0.39 is 0 Å². The van der Waals surface area contributed by atoms with Crippen LogP contribution in [-0.4, -0.2) is 11.0 Å². The highest BCUT2D eigenvalue weighted by molar-refractivity contribution is 14.1. The lowest BCUT2D eigenvalue weighted by Gasteiger charge is -2.12. The molecule has 0 aliphatic rings. The first-order valence-corrected chi connectivity index (χ1v) is 9.03. The van der Waals surface area contributed by atoms with Crippen LogP contribution >= 0.6 is 67.8 Å². The lowest BCUT2D eigenvalue weighted by molar-refractivity contribution is -0.117. The van der Waals surface area contributed by atoms with E-state index >= 15 is 0 Å². The van der Waals surface area contributed by atoms with Crippen molar-refractivity contribution in [3.05, 3.63) is 46.6 Å². The molecule has 0 unspecified atom stereocenters. The van der Waals surface area contributed by atoms with Gasteiger partial charge >= 0.3 is 0 Å². The molecule has 0 aliphatic heterocycles. The molecule has 0 saturated heterocycles. The number of phenols is 1. The van der Waals surface area contributed by atoms with Gasteiger partial charge in [0.25, 0.3) is 0 Å². The first-order chi connectivity index (χ1) is 9.86. The summed E-state index contributed by atoms with van der Waals surface area (Å²) in [7, 11) is 0. The number of nitrogens with two attached hydrogens (primary N) is 1. The molecule has 21 heavy (non-hydrogen) atoms. The number of hydrogen-bond donors (Lipinski definition) is 2. The first kappa shape index (κ1) is 17.1. The Morgan fingerprint density at radius 3 is 2.24 bits per heavy atom. The molecule has 3 N–H and O–H groups in total. The predicted molar refractivity (Wildman–Crippen MR) is 106 cm³/mol. The van der Waals surface area contributed by atoms with E-state index in [2.05, 4.69) is 45.2 Å². The zero-order valence-electron chi connectivity index (χ0n) is 10.6. The minimum absolute atomic E-state index is 0.212. The SMILES string of the molecule is NC(=O)Cc1cc(I)c(Oc2ccc(O)c(I)c2)c(I)c1. The predicted octanol–water partition coefficient (Wildman–Crippen LogP) is 4.03.